The number of carbonyl (C=O) groups excluding carboxylic acids is 1. The summed E-state index contributed by atoms with van der Waals surface area (Å²) in [5.41, 5.74) is 2.26. The van der Waals surface area contributed by atoms with Crippen LogP contribution < -0.4 is 15.0 Å². The molecule has 1 aliphatic heterocycles. The van der Waals surface area contributed by atoms with Crippen LogP contribution in [0.5, 0.6) is 5.75 Å². The first-order valence-corrected chi connectivity index (χ1v) is 11.2. The van der Waals surface area contributed by atoms with Crippen molar-refractivity contribution in [2.24, 2.45) is 5.92 Å². The normalized spacial score (nSPS) is 24.3. The van der Waals surface area contributed by atoms with Crippen molar-refractivity contribution in [2.45, 2.75) is 57.3 Å². The van der Waals surface area contributed by atoms with Gasteiger partial charge in [0, 0.05) is 30.9 Å². The zero-order chi connectivity index (χ0) is 20.8. The van der Waals surface area contributed by atoms with Gasteiger partial charge in [0.1, 0.15) is 12.4 Å². The van der Waals surface area contributed by atoms with E-state index < -0.39 is 0 Å². The van der Waals surface area contributed by atoms with Crippen LogP contribution in [-0.2, 0) is 11.4 Å². The number of hydrogen-bond acceptors (Lipinski definition) is 4. The quantitative estimate of drug-likeness (QED) is 0.761. The van der Waals surface area contributed by atoms with Gasteiger partial charge in [-0.05, 0) is 56.2 Å². The van der Waals surface area contributed by atoms with Gasteiger partial charge in [-0.2, -0.15) is 0 Å². The van der Waals surface area contributed by atoms with Crippen LogP contribution in [0.4, 0.5) is 5.69 Å². The average molecular weight is 409 g/mol. The zero-order valence-corrected chi connectivity index (χ0v) is 17.5. The van der Waals surface area contributed by atoms with E-state index in [-0.39, 0.29) is 24.0 Å². The van der Waals surface area contributed by atoms with Gasteiger partial charge in [-0.1, -0.05) is 36.4 Å². The van der Waals surface area contributed by atoms with Crippen LogP contribution in [0.3, 0.4) is 0 Å². The second-order valence-electron chi connectivity index (χ2n) is 8.57. The molecule has 0 bridgehead atoms. The van der Waals surface area contributed by atoms with Gasteiger partial charge in [0.05, 0.1) is 12.0 Å². The molecule has 2 aromatic carbocycles. The molecule has 5 nitrogen and oxygen atoms in total. The summed E-state index contributed by atoms with van der Waals surface area (Å²) in [5, 5.41) is 12.9. The molecule has 0 aromatic heterocycles. The Morgan fingerprint density at radius 1 is 1.03 bits per heavy atom. The summed E-state index contributed by atoms with van der Waals surface area (Å²) in [4.78, 5) is 15.1. The van der Waals surface area contributed by atoms with Gasteiger partial charge in [-0.3, -0.25) is 4.79 Å². The van der Waals surface area contributed by atoms with Gasteiger partial charge < -0.3 is 20.1 Å². The molecule has 2 N–H and O–H groups in total. The van der Waals surface area contributed by atoms with E-state index >= 15 is 0 Å². The van der Waals surface area contributed by atoms with Crippen molar-refractivity contribution < 1.29 is 14.6 Å². The smallest absolute Gasteiger partial charge is 0.225 e. The van der Waals surface area contributed by atoms with E-state index in [4.69, 9.17) is 4.74 Å². The lowest BCUT2D eigenvalue weighted by Crippen LogP contribution is -2.47. The fourth-order valence-corrected chi connectivity index (χ4v) is 4.48. The molecule has 1 amide bonds. The van der Waals surface area contributed by atoms with Crippen molar-refractivity contribution in [2.75, 3.05) is 18.0 Å². The maximum Gasteiger partial charge on any atom is 0.225 e. The van der Waals surface area contributed by atoms with Gasteiger partial charge >= 0.3 is 0 Å². The maximum absolute atomic E-state index is 12.8. The van der Waals surface area contributed by atoms with Crippen LogP contribution in [0.25, 0.3) is 0 Å². The molecule has 0 unspecified atom stereocenters. The monoisotopic (exact) mass is 408 g/mol. The Kier molecular flexibility index (Phi) is 6.90. The van der Waals surface area contributed by atoms with Gasteiger partial charge in [0.2, 0.25) is 5.91 Å². The number of rotatable bonds is 6. The third-order valence-electron chi connectivity index (χ3n) is 6.27. The minimum Gasteiger partial charge on any atom is -0.489 e. The van der Waals surface area contributed by atoms with Crippen LogP contribution in [-0.4, -0.2) is 36.2 Å². The fourth-order valence-electron chi connectivity index (χ4n) is 4.48. The minimum absolute atomic E-state index is 0.0134. The molecule has 0 radical (unpaired) electrons. The predicted molar refractivity (Wildman–Crippen MR) is 119 cm³/mol. The van der Waals surface area contributed by atoms with Crippen molar-refractivity contribution in [3.8, 4) is 5.75 Å². The maximum atomic E-state index is 12.8. The minimum atomic E-state index is -0.195. The predicted octanol–water partition coefficient (Wildman–Crippen LogP) is 3.90. The number of hydrogen-bond donors (Lipinski definition) is 2. The van der Waals surface area contributed by atoms with E-state index in [0.29, 0.717) is 6.61 Å². The highest BCUT2D eigenvalue weighted by atomic mass is 16.5. The molecule has 1 heterocycles. The number of ether oxygens (including phenoxy) is 1. The highest BCUT2D eigenvalue weighted by Crippen LogP contribution is 2.27. The number of carbonyl (C=O) groups is 1. The van der Waals surface area contributed by atoms with Crippen LogP contribution in [0.2, 0.25) is 0 Å². The molecule has 5 heteroatoms. The second kappa shape index (κ2) is 9.98. The molecule has 2 fully saturated rings. The zero-order valence-electron chi connectivity index (χ0n) is 17.5. The summed E-state index contributed by atoms with van der Waals surface area (Å²) in [5.74, 6) is 1.03. The van der Waals surface area contributed by atoms with Crippen molar-refractivity contribution in [1.82, 2.24) is 5.32 Å². The van der Waals surface area contributed by atoms with E-state index in [1.54, 1.807) is 0 Å². The highest BCUT2D eigenvalue weighted by molar-refractivity contribution is 5.80. The summed E-state index contributed by atoms with van der Waals surface area (Å²) in [7, 11) is 0. The van der Waals surface area contributed by atoms with E-state index in [2.05, 4.69) is 34.5 Å². The first-order valence-electron chi connectivity index (χ1n) is 11.2. The third kappa shape index (κ3) is 5.54. The molecule has 4 rings (SSSR count). The SMILES string of the molecule is O=C(NC1CCC(O)CC1)[C@H]1CCCN(c2cccc(OCc3ccccc3)c2)C1. The van der Waals surface area contributed by atoms with Crippen LogP contribution in [0.15, 0.2) is 54.6 Å². The number of aliphatic hydroxyl groups is 1. The molecule has 1 atom stereocenters. The molecule has 30 heavy (non-hydrogen) atoms. The Balaban J connectivity index is 1.33. The number of piperidine rings is 1. The van der Waals surface area contributed by atoms with E-state index in [1.165, 1.54) is 0 Å². The molecular formula is C25H32N2O3. The number of benzene rings is 2. The van der Waals surface area contributed by atoms with Crippen LogP contribution in [0, 0.1) is 5.92 Å². The number of nitrogens with one attached hydrogen (secondary N) is 1. The fraction of sp³-hybridized carbons (Fsp3) is 0.480. The Hall–Kier alpha value is -2.53. The summed E-state index contributed by atoms with van der Waals surface area (Å²) in [6.45, 7) is 2.25. The molecule has 0 spiro atoms. The van der Waals surface area contributed by atoms with Crippen molar-refractivity contribution in [1.29, 1.82) is 0 Å². The number of aliphatic hydroxyl groups excluding tert-OH is 1. The molecule has 160 valence electrons. The van der Waals surface area contributed by atoms with E-state index in [1.807, 2.05) is 30.3 Å². The van der Waals surface area contributed by atoms with Crippen LogP contribution >= 0.6 is 0 Å². The first-order chi connectivity index (χ1) is 14.7. The summed E-state index contributed by atoms with van der Waals surface area (Å²) in [6, 6.07) is 18.5. The standard InChI is InChI=1S/C25H32N2O3/c28-23-13-11-21(12-14-23)26-25(29)20-8-5-15-27(17-20)22-9-4-10-24(16-22)30-18-19-6-2-1-3-7-19/h1-4,6-7,9-10,16,20-21,23,28H,5,8,11-15,17-18H2,(H,26,29)/t20-,21?,23?/m0/s1. The Morgan fingerprint density at radius 3 is 2.63 bits per heavy atom. The van der Waals surface area contributed by atoms with Crippen molar-refractivity contribution >= 4 is 11.6 Å². The Labute approximate surface area is 179 Å². The number of nitrogens with zero attached hydrogens (tertiary/aromatic N) is 1. The number of amides is 1. The Morgan fingerprint density at radius 2 is 1.83 bits per heavy atom. The van der Waals surface area contributed by atoms with Gasteiger partial charge in [0.25, 0.3) is 0 Å². The Bertz CT molecular complexity index is 818. The van der Waals surface area contributed by atoms with E-state index in [0.717, 1.165) is 68.6 Å². The largest absolute Gasteiger partial charge is 0.489 e. The molecule has 2 aromatic rings. The second-order valence-corrected chi connectivity index (χ2v) is 8.57. The molecule has 2 aliphatic rings. The van der Waals surface area contributed by atoms with Gasteiger partial charge in [-0.15, -0.1) is 0 Å². The molecular weight excluding hydrogens is 376 g/mol. The third-order valence-corrected chi connectivity index (χ3v) is 6.27. The van der Waals surface area contributed by atoms with Gasteiger partial charge in [0.15, 0.2) is 0 Å². The highest BCUT2D eigenvalue weighted by Gasteiger charge is 2.29. The van der Waals surface area contributed by atoms with Gasteiger partial charge in [-0.25, -0.2) is 0 Å². The molecule has 1 aliphatic carbocycles. The number of anilines is 1. The summed E-state index contributed by atoms with van der Waals surface area (Å²) >= 11 is 0. The van der Waals surface area contributed by atoms with Crippen molar-refractivity contribution in [3.63, 3.8) is 0 Å². The van der Waals surface area contributed by atoms with Crippen molar-refractivity contribution in [3.05, 3.63) is 60.2 Å². The molecule has 1 saturated heterocycles. The average Bonchev–Trinajstić information content (AvgIpc) is 2.80. The van der Waals surface area contributed by atoms with E-state index in [9.17, 15) is 9.90 Å². The van der Waals surface area contributed by atoms with Crippen LogP contribution in [0.1, 0.15) is 44.1 Å². The lowest BCUT2D eigenvalue weighted by atomic mass is 9.91. The molecule has 1 saturated carbocycles. The topological polar surface area (TPSA) is 61.8 Å². The summed E-state index contributed by atoms with van der Waals surface area (Å²) in [6.07, 6.45) is 5.08. The lowest BCUT2D eigenvalue weighted by molar-refractivity contribution is -0.126. The summed E-state index contributed by atoms with van der Waals surface area (Å²) < 4.78 is 5.98. The first kappa shape index (κ1) is 20.7. The lowest BCUT2D eigenvalue weighted by Gasteiger charge is -2.35.